The molecule has 2 aromatic heterocycles. The van der Waals surface area contributed by atoms with Gasteiger partial charge in [-0.1, -0.05) is 6.07 Å². The van der Waals surface area contributed by atoms with Crippen LogP contribution in [-0.2, 0) is 16.0 Å². The quantitative estimate of drug-likeness (QED) is 0.866. The molecule has 0 saturated carbocycles. The van der Waals surface area contributed by atoms with Crippen molar-refractivity contribution in [2.75, 3.05) is 19.7 Å². The summed E-state index contributed by atoms with van der Waals surface area (Å²) < 4.78 is 5.00. The zero-order chi connectivity index (χ0) is 17.6. The molecule has 0 bridgehead atoms. The van der Waals surface area contributed by atoms with E-state index < -0.39 is 0 Å². The van der Waals surface area contributed by atoms with E-state index in [4.69, 9.17) is 4.74 Å². The summed E-state index contributed by atoms with van der Waals surface area (Å²) in [5.74, 6) is -0.0161. The van der Waals surface area contributed by atoms with Gasteiger partial charge in [0, 0.05) is 24.5 Å². The Morgan fingerprint density at radius 2 is 2.16 bits per heavy atom. The number of hydrogen-bond donors (Lipinski definition) is 1. The maximum atomic E-state index is 12.2. The van der Waals surface area contributed by atoms with Crippen LogP contribution in [0.5, 0.6) is 0 Å². The average molecular weight is 380 g/mol. The molecule has 0 spiro atoms. The molecule has 2 amide bonds. The van der Waals surface area contributed by atoms with Gasteiger partial charge in [0.1, 0.15) is 5.01 Å². The number of carbonyl (C=O) groups is 2. The van der Waals surface area contributed by atoms with E-state index in [0.29, 0.717) is 26.1 Å². The highest BCUT2D eigenvalue weighted by atomic mass is 32.1. The summed E-state index contributed by atoms with van der Waals surface area (Å²) in [7, 11) is 0. The summed E-state index contributed by atoms with van der Waals surface area (Å²) in [6.45, 7) is 3.41. The van der Waals surface area contributed by atoms with E-state index in [1.807, 2.05) is 22.9 Å². The maximum Gasteiger partial charge on any atom is 0.409 e. The molecule has 1 fully saturated rings. The van der Waals surface area contributed by atoms with Crippen LogP contribution in [-0.4, -0.2) is 47.6 Å². The third kappa shape index (κ3) is 4.79. The molecule has 3 rings (SSSR count). The molecule has 3 heterocycles. The lowest BCUT2D eigenvalue weighted by atomic mass is 10.1. The Bertz CT molecular complexity index is 707. The first kappa shape index (κ1) is 17.9. The summed E-state index contributed by atoms with van der Waals surface area (Å²) in [6, 6.07) is 4.13. The minimum absolute atomic E-state index is 0.0161. The van der Waals surface area contributed by atoms with Crippen LogP contribution >= 0.6 is 22.7 Å². The monoisotopic (exact) mass is 379 g/mol. The van der Waals surface area contributed by atoms with Crippen LogP contribution in [0.3, 0.4) is 0 Å². The predicted octanol–water partition coefficient (Wildman–Crippen LogP) is 3.15. The van der Waals surface area contributed by atoms with Crippen molar-refractivity contribution in [1.82, 2.24) is 15.2 Å². The van der Waals surface area contributed by atoms with Gasteiger partial charge < -0.3 is 15.0 Å². The normalized spacial score (nSPS) is 15.2. The fraction of sp³-hybridized carbons (Fsp3) is 0.471. The van der Waals surface area contributed by atoms with Crippen molar-refractivity contribution < 1.29 is 14.3 Å². The summed E-state index contributed by atoms with van der Waals surface area (Å²) in [5.41, 5.74) is 0.801. The first-order valence-electron chi connectivity index (χ1n) is 8.35. The highest BCUT2D eigenvalue weighted by Gasteiger charge is 2.24. The average Bonchev–Trinajstić information content (AvgIpc) is 3.27. The fourth-order valence-electron chi connectivity index (χ4n) is 2.77. The molecule has 0 unspecified atom stereocenters. The van der Waals surface area contributed by atoms with Gasteiger partial charge in [-0.3, -0.25) is 4.79 Å². The van der Waals surface area contributed by atoms with Crippen molar-refractivity contribution in [3.63, 3.8) is 0 Å². The molecule has 2 aromatic rings. The molecule has 1 saturated heterocycles. The minimum atomic E-state index is -0.268. The van der Waals surface area contributed by atoms with Crippen molar-refractivity contribution in [1.29, 1.82) is 0 Å². The first-order chi connectivity index (χ1) is 12.2. The number of amides is 2. The van der Waals surface area contributed by atoms with Crippen molar-refractivity contribution in [2.24, 2.45) is 0 Å². The van der Waals surface area contributed by atoms with Crippen molar-refractivity contribution in [3.05, 3.63) is 28.6 Å². The summed E-state index contributed by atoms with van der Waals surface area (Å²) in [6.07, 6.45) is 1.53. The zero-order valence-corrected chi connectivity index (χ0v) is 15.7. The molecule has 0 aliphatic carbocycles. The second-order valence-electron chi connectivity index (χ2n) is 5.83. The molecule has 1 aliphatic heterocycles. The van der Waals surface area contributed by atoms with Crippen molar-refractivity contribution in [2.45, 2.75) is 32.2 Å². The van der Waals surface area contributed by atoms with Crippen LogP contribution in [0.1, 0.15) is 25.5 Å². The van der Waals surface area contributed by atoms with Gasteiger partial charge in [0.05, 0.1) is 23.6 Å². The van der Waals surface area contributed by atoms with E-state index in [0.717, 1.165) is 28.4 Å². The number of rotatable bonds is 5. The second-order valence-corrected chi connectivity index (χ2v) is 7.63. The van der Waals surface area contributed by atoms with E-state index in [9.17, 15) is 9.59 Å². The van der Waals surface area contributed by atoms with E-state index in [2.05, 4.69) is 10.3 Å². The molecular formula is C17H21N3O3S2. The Kier molecular flexibility index (Phi) is 6.04. The van der Waals surface area contributed by atoms with Gasteiger partial charge in [-0.2, -0.15) is 0 Å². The van der Waals surface area contributed by atoms with Crippen LogP contribution in [0.15, 0.2) is 22.9 Å². The Labute approximate surface area is 154 Å². The fourth-order valence-corrected chi connectivity index (χ4v) is 4.40. The second kappa shape index (κ2) is 8.44. The number of likely N-dealkylation sites (tertiary alicyclic amines) is 1. The molecule has 1 N–H and O–H groups in total. The molecule has 1 aliphatic rings. The molecule has 25 heavy (non-hydrogen) atoms. The van der Waals surface area contributed by atoms with E-state index >= 15 is 0 Å². The van der Waals surface area contributed by atoms with E-state index in [-0.39, 0.29) is 18.0 Å². The smallest absolute Gasteiger partial charge is 0.409 e. The molecule has 8 heteroatoms. The Morgan fingerprint density at radius 3 is 2.84 bits per heavy atom. The van der Waals surface area contributed by atoms with Crippen LogP contribution in [0.25, 0.3) is 9.88 Å². The standard InChI is InChI=1S/C17H21N3O3S2/c1-2-23-17(22)20-7-5-12(6-8-20)18-15(21)10-13-11-25-16(19-13)14-4-3-9-24-14/h3-4,9,11-12H,2,5-8,10H2,1H3,(H,18,21). The van der Waals surface area contributed by atoms with Gasteiger partial charge in [0.15, 0.2) is 0 Å². The third-order valence-corrected chi connectivity index (χ3v) is 5.94. The number of ether oxygens (including phenoxy) is 1. The van der Waals surface area contributed by atoms with Gasteiger partial charge in [-0.25, -0.2) is 9.78 Å². The van der Waals surface area contributed by atoms with Crippen molar-refractivity contribution in [3.8, 4) is 9.88 Å². The number of hydrogen-bond acceptors (Lipinski definition) is 6. The van der Waals surface area contributed by atoms with E-state index in [1.165, 1.54) is 0 Å². The van der Waals surface area contributed by atoms with Crippen LogP contribution in [0.4, 0.5) is 4.79 Å². The van der Waals surface area contributed by atoms with Crippen LogP contribution in [0, 0.1) is 0 Å². The van der Waals surface area contributed by atoms with Gasteiger partial charge in [0.2, 0.25) is 5.91 Å². The number of thiophene rings is 1. The Hall–Kier alpha value is -1.93. The number of carbonyl (C=O) groups excluding carboxylic acids is 2. The maximum absolute atomic E-state index is 12.2. The highest BCUT2D eigenvalue weighted by molar-refractivity contribution is 7.20. The largest absolute Gasteiger partial charge is 0.450 e. The topological polar surface area (TPSA) is 71.5 Å². The van der Waals surface area contributed by atoms with Gasteiger partial charge in [0.25, 0.3) is 0 Å². The predicted molar refractivity (Wildman–Crippen MR) is 98.9 cm³/mol. The molecule has 0 aromatic carbocycles. The number of aromatic nitrogens is 1. The summed E-state index contributed by atoms with van der Waals surface area (Å²) >= 11 is 3.21. The van der Waals surface area contributed by atoms with Gasteiger partial charge in [-0.05, 0) is 31.2 Å². The Balaban J connectivity index is 1.45. The first-order valence-corrected chi connectivity index (χ1v) is 10.1. The summed E-state index contributed by atoms with van der Waals surface area (Å²) in [5, 5.41) is 7.97. The lowest BCUT2D eigenvalue weighted by molar-refractivity contribution is -0.121. The van der Waals surface area contributed by atoms with Gasteiger partial charge >= 0.3 is 6.09 Å². The van der Waals surface area contributed by atoms with Crippen molar-refractivity contribution >= 4 is 34.7 Å². The minimum Gasteiger partial charge on any atom is -0.450 e. The number of nitrogens with zero attached hydrogens (tertiary/aromatic N) is 2. The van der Waals surface area contributed by atoms with Crippen LogP contribution < -0.4 is 5.32 Å². The number of nitrogens with one attached hydrogen (secondary N) is 1. The molecule has 0 radical (unpaired) electrons. The molecule has 0 atom stereocenters. The van der Waals surface area contributed by atoms with Gasteiger partial charge in [-0.15, -0.1) is 22.7 Å². The lowest BCUT2D eigenvalue weighted by Crippen LogP contribution is -2.47. The third-order valence-electron chi connectivity index (χ3n) is 4.01. The lowest BCUT2D eigenvalue weighted by Gasteiger charge is -2.31. The Morgan fingerprint density at radius 1 is 1.36 bits per heavy atom. The highest BCUT2D eigenvalue weighted by Crippen LogP contribution is 2.27. The molecular weight excluding hydrogens is 358 g/mol. The van der Waals surface area contributed by atoms with E-state index in [1.54, 1.807) is 34.5 Å². The number of piperidine rings is 1. The summed E-state index contributed by atoms with van der Waals surface area (Å²) in [4.78, 5) is 31.3. The number of thiazole rings is 1. The SMILES string of the molecule is CCOC(=O)N1CCC(NC(=O)Cc2csc(-c3cccs3)n2)CC1. The zero-order valence-electron chi connectivity index (χ0n) is 14.1. The molecule has 6 nitrogen and oxygen atoms in total. The molecule has 134 valence electrons. The van der Waals surface area contributed by atoms with Crippen LogP contribution in [0.2, 0.25) is 0 Å².